The fourth-order valence-corrected chi connectivity index (χ4v) is 1.02. The highest BCUT2D eigenvalue weighted by atomic mass is 16.4. The van der Waals surface area contributed by atoms with Gasteiger partial charge in [-0.25, -0.2) is 9.59 Å². The summed E-state index contributed by atoms with van der Waals surface area (Å²) in [6.07, 6.45) is 1.02. The van der Waals surface area contributed by atoms with Gasteiger partial charge >= 0.3 is 12.0 Å². The summed E-state index contributed by atoms with van der Waals surface area (Å²) in [5, 5.41) is 16.2. The number of carboxylic acids is 1. The van der Waals surface area contributed by atoms with E-state index in [0.29, 0.717) is 6.54 Å². The Morgan fingerprint density at radius 2 is 1.72 bits per heavy atom. The topological polar surface area (TPSA) is 108 Å². The van der Waals surface area contributed by atoms with Crippen LogP contribution in [-0.2, 0) is 9.59 Å². The summed E-state index contributed by atoms with van der Waals surface area (Å²) in [4.78, 5) is 33.3. The van der Waals surface area contributed by atoms with Gasteiger partial charge in [0.15, 0.2) is 0 Å². The minimum absolute atomic E-state index is 0.144. The number of carboxylic acid groups (broad SMARTS) is 1. The largest absolute Gasteiger partial charge is 0.480 e. The minimum Gasteiger partial charge on any atom is -0.480 e. The molecule has 0 spiro atoms. The number of hydrogen-bond acceptors (Lipinski definition) is 3. The Hall–Kier alpha value is -1.79. The molecule has 0 aliphatic carbocycles. The third-order valence-corrected chi connectivity index (χ3v) is 2.17. The van der Waals surface area contributed by atoms with Crippen molar-refractivity contribution in [2.45, 2.75) is 39.2 Å². The maximum absolute atomic E-state index is 11.3. The van der Waals surface area contributed by atoms with Crippen molar-refractivity contribution in [1.82, 2.24) is 16.0 Å². The van der Waals surface area contributed by atoms with Crippen molar-refractivity contribution in [2.75, 3.05) is 13.1 Å². The van der Waals surface area contributed by atoms with Crippen LogP contribution in [-0.4, -0.2) is 41.6 Å². The van der Waals surface area contributed by atoms with Crippen LogP contribution < -0.4 is 16.0 Å². The molecular formula is C11H21N3O4. The number of amides is 3. The molecule has 0 aromatic carbocycles. The van der Waals surface area contributed by atoms with Gasteiger partial charge in [0, 0.05) is 19.5 Å². The molecule has 4 N–H and O–H groups in total. The molecular weight excluding hydrogens is 238 g/mol. The summed E-state index contributed by atoms with van der Waals surface area (Å²) in [7, 11) is 0. The van der Waals surface area contributed by atoms with E-state index < -0.39 is 17.5 Å². The third kappa shape index (κ3) is 6.72. The molecule has 0 bridgehead atoms. The van der Waals surface area contributed by atoms with Crippen LogP contribution in [0.2, 0.25) is 0 Å². The number of carbonyl (C=O) groups excluding carboxylic acids is 2. The first-order chi connectivity index (χ1) is 8.29. The molecule has 0 fully saturated rings. The Kier molecular flexibility index (Phi) is 6.77. The van der Waals surface area contributed by atoms with Gasteiger partial charge in [-0.3, -0.25) is 4.79 Å². The van der Waals surface area contributed by atoms with Crippen molar-refractivity contribution < 1.29 is 19.5 Å². The van der Waals surface area contributed by atoms with Gasteiger partial charge in [0.05, 0.1) is 0 Å². The lowest BCUT2D eigenvalue weighted by atomic mass is 10.1. The molecule has 0 saturated carbocycles. The standard InChI is InChI=1S/C11H21N3O4/c1-4-6-12-8(15)5-7-13-10(18)14-11(2,3)9(16)17/h4-7H2,1-3H3,(H,12,15)(H,16,17)(H2,13,14,18). The molecule has 0 aromatic rings. The number of nitrogens with one attached hydrogen (secondary N) is 3. The van der Waals surface area contributed by atoms with Gasteiger partial charge in [-0.15, -0.1) is 0 Å². The maximum Gasteiger partial charge on any atom is 0.328 e. The van der Waals surface area contributed by atoms with E-state index in [1.165, 1.54) is 13.8 Å². The molecule has 0 radical (unpaired) electrons. The van der Waals surface area contributed by atoms with E-state index >= 15 is 0 Å². The molecule has 0 aromatic heterocycles. The monoisotopic (exact) mass is 259 g/mol. The van der Waals surface area contributed by atoms with E-state index in [1.54, 1.807) is 0 Å². The Labute approximate surface area is 106 Å². The van der Waals surface area contributed by atoms with E-state index in [9.17, 15) is 14.4 Å². The van der Waals surface area contributed by atoms with Crippen molar-refractivity contribution in [1.29, 1.82) is 0 Å². The van der Waals surface area contributed by atoms with Crippen LogP contribution in [0.4, 0.5) is 4.79 Å². The quantitative estimate of drug-likeness (QED) is 0.518. The van der Waals surface area contributed by atoms with Crippen LogP contribution in [0.25, 0.3) is 0 Å². The molecule has 0 heterocycles. The van der Waals surface area contributed by atoms with E-state index in [2.05, 4.69) is 16.0 Å². The lowest BCUT2D eigenvalue weighted by Crippen LogP contribution is -2.53. The van der Waals surface area contributed by atoms with Crippen LogP contribution >= 0.6 is 0 Å². The second-order valence-corrected chi connectivity index (χ2v) is 4.41. The van der Waals surface area contributed by atoms with Crippen LogP contribution in [0.15, 0.2) is 0 Å². The van der Waals surface area contributed by atoms with Gasteiger partial charge in [-0.2, -0.15) is 0 Å². The summed E-state index contributed by atoms with van der Waals surface area (Å²) >= 11 is 0. The average Bonchev–Trinajstić information content (AvgIpc) is 2.25. The molecule has 7 nitrogen and oxygen atoms in total. The predicted octanol–water partition coefficient (Wildman–Crippen LogP) is 0.0651. The highest BCUT2D eigenvalue weighted by Gasteiger charge is 2.28. The molecule has 0 unspecified atom stereocenters. The van der Waals surface area contributed by atoms with E-state index in [1.807, 2.05) is 6.92 Å². The van der Waals surface area contributed by atoms with Gasteiger partial charge in [-0.05, 0) is 20.3 Å². The second kappa shape index (κ2) is 7.52. The molecule has 3 amide bonds. The maximum atomic E-state index is 11.3. The average molecular weight is 259 g/mol. The smallest absolute Gasteiger partial charge is 0.328 e. The van der Waals surface area contributed by atoms with Crippen molar-refractivity contribution in [3.8, 4) is 0 Å². The first kappa shape index (κ1) is 16.2. The molecule has 0 saturated heterocycles. The second-order valence-electron chi connectivity index (χ2n) is 4.41. The lowest BCUT2D eigenvalue weighted by Gasteiger charge is -2.21. The zero-order valence-electron chi connectivity index (χ0n) is 11.0. The number of carbonyl (C=O) groups is 3. The number of urea groups is 1. The lowest BCUT2D eigenvalue weighted by molar-refractivity contribution is -0.142. The van der Waals surface area contributed by atoms with Crippen molar-refractivity contribution in [2.24, 2.45) is 0 Å². The van der Waals surface area contributed by atoms with Crippen molar-refractivity contribution in [3.63, 3.8) is 0 Å². The number of aliphatic carboxylic acids is 1. The van der Waals surface area contributed by atoms with Crippen LogP contribution in [0.3, 0.4) is 0 Å². The van der Waals surface area contributed by atoms with Gasteiger partial charge < -0.3 is 21.1 Å². The van der Waals surface area contributed by atoms with Crippen LogP contribution in [0, 0.1) is 0 Å². The first-order valence-corrected chi connectivity index (χ1v) is 5.85. The zero-order chi connectivity index (χ0) is 14.2. The summed E-state index contributed by atoms with van der Waals surface area (Å²) < 4.78 is 0. The third-order valence-electron chi connectivity index (χ3n) is 2.17. The SMILES string of the molecule is CCCNC(=O)CCNC(=O)NC(C)(C)C(=O)O. The fourth-order valence-electron chi connectivity index (χ4n) is 1.02. The Balaban J connectivity index is 3.85. The Morgan fingerprint density at radius 1 is 1.11 bits per heavy atom. The van der Waals surface area contributed by atoms with Crippen molar-refractivity contribution >= 4 is 17.9 Å². The highest BCUT2D eigenvalue weighted by Crippen LogP contribution is 2.00. The molecule has 104 valence electrons. The first-order valence-electron chi connectivity index (χ1n) is 5.85. The molecule has 0 aliphatic heterocycles. The van der Waals surface area contributed by atoms with Gasteiger partial charge in [0.1, 0.15) is 5.54 Å². The normalized spacial score (nSPS) is 10.6. The highest BCUT2D eigenvalue weighted by molar-refractivity contribution is 5.85. The minimum atomic E-state index is -1.34. The zero-order valence-corrected chi connectivity index (χ0v) is 11.0. The molecule has 0 aliphatic rings. The van der Waals surface area contributed by atoms with Gasteiger partial charge in [-0.1, -0.05) is 6.92 Å². The molecule has 0 atom stereocenters. The van der Waals surface area contributed by atoms with Crippen LogP contribution in [0.5, 0.6) is 0 Å². The predicted molar refractivity (Wildman–Crippen MR) is 66.2 cm³/mol. The fraction of sp³-hybridized carbons (Fsp3) is 0.727. The van der Waals surface area contributed by atoms with Gasteiger partial charge in [0.2, 0.25) is 5.91 Å². The van der Waals surface area contributed by atoms with Crippen LogP contribution in [0.1, 0.15) is 33.6 Å². The van der Waals surface area contributed by atoms with Crippen molar-refractivity contribution in [3.05, 3.63) is 0 Å². The summed E-state index contributed by atoms with van der Waals surface area (Å²) in [6, 6.07) is -0.606. The number of hydrogen-bond donors (Lipinski definition) is 4. The molecule has 0 rings (SSSR count). The van der Waals surface area contributed by atoms with E-state index in [4.69, 9.17) is 5.11 Å². The number of rotatable bonds is 7. The Bertz CT molecular complexity index is 315. The summed E-state index contributed by atoms with van der Waals surface area (Å²) in [5.74, 6) is -1.27. The molecule has 7 heteroatoms. The molecule has 18 heavy (non-hydrogen) atoms. The Morgan fingerprint density at radius 3 is 2.22 bits per heavy atom. The van der Waals surface area contributed by atoms with E-state index in [0.717, 1.165) is 6.42 Å². The van der Waals surface area contributed by atoms with Gasteiger partial charge in [0.25, 0.3) is 0 Å². The summed E-state index contributed by atoms with van der Waals surface area (Å²) in [5.41, 5.74) is -1.34. The summed E-state index contributed by atoms with van der Waals surface area (Å²) in [6.45, 7) is 5.47. The van der Waals surface area contributed by atoms with E-state index in [-0.39, 0.29) is 18.9 Å².